The highest BCUT2D eigenvalue weighted by molar-refractivity contribution is 6.11. The van der Waals surface area contributed by atoms with Gasteiger partial charge < -0.3 is 0 Å². The molecule has 4 aliphatic rings. The van der Waals surface area contributed by atoms with Crippen molar-refractivity contribution >= 4 is 7.85 Å². The Labute approximate surface area is 165 Å². The summed E-state index contributed by atoms with van der Waals surface area (Å²) in [4.78, 5) is 0. The van der Waals surface area contributed by atoms with E-state index < -0.39 is 0 Å². The molecule has 4 aliphatic carbocycles. The zero-order valence-electron chi connectivity index (χ0n) is 18.1. The van der Waals surface area contributed by atoms with E-state index in [9.17, 15) is 0 Å². The molecule has 4 rings (SSSR count). The second-order valence-electron chi connectivity index (χ2n) is 11.5. The summed E-state index contributed by atoms with van der Waals surface area (Å²) in [5, 5.41) is 0. The molecule has 9 unspecified atom stereocenters. The van der Waals surface area contributed by atoms with Crippen LogP contribution in [0, 0.1) is 46.3 Å². The Balaban J connectivity index is 1.52. The van der Waals surface area contributed by atoms with Crippen LogP contribution in [0.3, 0.4) is 0 Å². The third-order valence-corrected chi connectivity index (χ3v) is 10.5. The first-order valence-corrected chi connectivity index (χ1v) is 12.2. The lowest BCUT2D eigenvalue weighted by molar-refractivity contribution is -0.114. The Bertz CT molecular complexity index is 500. The maximum Gasteiger partial charge on any atom is 0.0699 e. The number of unbranched alkanes of at least 4 members (excludes halogenated alkanes) is 1. The topological polar surface area (TPSA) is 0 Å². The Morgan fingerprint density at radius 3 is 2.42 bits per heavy atom. The van der Waals surface area contributed by atoms with E-state index >= 15 is 0 Å². The first kappa shape index (κ1) is 19.4. The van der Waals surface area contributed by atoms with E-state index in [-0.39, 0.29) is 0 Å². The van der Waals surface area contributed by atoms with Gasteiger partial charge in [0.05, 0.1) is 7.85 Å². The summed E-state index contributed by atoms with van der Waals surface area (Å²) in [5.74, 6) is 6.45. The van der Waals surface area contributed by atoms with E-state index in [4.69, 9.17) is 7.85 Å². The summed E-state index contributed by atoms with van der Waals surface area (Å²) in [5.41, 5.74) is 1.27. The molecule has 0 aliphatic heterocycles. The molecule has 1 heteroatoms. The summed E-state index contributed by atoms with van der Waals surface area (Å²) >= 11 is 0. The van der Waals surface area contributed by atoms with E-state index in [0.29, 0.717) is 16.6 Å². The second kappa shape index (κ2) is 7.15. The molecule has 4 fully saturated rings. The van der Waals surface area contributed by atoms with Gasteiger partial charge in [-0.3, -0.25) is 0 Å². The minimum Gasteiger partial charge on any atom is -0.0771 e. The largest absolute Gasteiger partial charge is 0.0771 e. The van der Waals surface area contributed by atoms with Gasteiger partial charge >= 0.3 is 0 Å². The molecule has 0 aromatic rings. The van der Waals surface area contributed by atoms with Gasteiger partial charge in [-0.25, -0.2) is 0 Å². The SMILES string of the molecule is [B]C1CCC2(C)C(CCC3C2CCC2(C)C(C(C)CCCC)CCC32)C1. The molecule has 0 nitrogen and oxygen atoms in total. The summed E-state index contributed by atoms with van der Waals surface area (Å²) in [6, 6.07) is 0. The molecule has 0 aromatic carbocycles. The molecule has 0 amide bonds. The van der Waals surface area contributed by atoms with Crippen LogP contribution in [0.2, 0.25) is 5.82 Å². The van der Waals surface area contributed by atoms with Crippen molar-refractivity contribution in [3.8, 4) is 0 Å². The fraction of sp³-hybridized carbons (Fsp3) is 1.00. The zero-order chi connectivity index (χ0) is 18.5. The van der Waals surface area contributed by atoms with Crippen molar-refractivity contribution in [2.75, 3.05) is 0 Å². The summed E-state index contributed by atoms with van der Waals surface area (Å²) in [6.07, 6.45) is 17.4. The van der Waals surface area contributed by atoms with Crippen LogP contribution in [-0.2, 0) is 0 Å². The van der Waals surface area contributed by atoms with Crippen LogP contribution < -0.4 is 0 Å². The number of rotatable bonds is 4. The Morgan fingerprint density at radius 1 is 0.923 bits per heavy atom. The standard InChI is InChI=1S/C25H43B/c1-5-6-7-17(2)21-10-11-22-20-9-8-18-16-19(26)12-14-24(18,3)23(20)13-15-25(21,22)4/h17-23H,5-16H2,1-4H3. The normalized spacial score (nSPS) is 52.0. The average molecular weight is 354 g/mol. The monoisotopic (exact) mass is 354 g/mol. The van der Waals surface area contributed by atoms with Gasteiger partial charge in [0.25, 0.3) is 0 Å². The van der Waals surface area contributed by atoms with Gasteiger partial charge in [-0.2, -0.15) is 0 Å². The predicted molar refractivity (Wildman–Crippen MR) is 113 cm³/mol. The van der Waals surface area contributed by atoms with Gasteiger partial charge in [0.15, 0.2) is 0 Å². The molecular formula is C25H43B. The highest BCUT2D eigenvalue weighted by Gasteiger charge is 2.60. The minimum atomic E-state index is 0.494. The second-order valence-corrected chi connectivity index (χ2v) is 11.5. The highest BCUT2D eigenvalue weighted by Crippen LogP contribution is 2.68. The first-order valence-electron chi connectivity index (χ1n) is 12.2. The molecular weight excluding hydrogens is 311 g/mol. The smallest absolute Gasteiger partial charge is 0.0699 e. The number of fused-ring (bicyclic) bond motifs is 5. The van der Waals surface area contributed by atoms with Crippen molar-refractivity contribution in [1.29, 1.82) is 0 Å². The molecule has 0 aromatic heterocycles. The van der Waals surface area contributed by atoms with Crippen molar-refractivity contribution in [3.05, 3.63) is 0 Å². The Kier molecular flexibility index (Phi) is 5.33. The van der Waals surface area contributed by atoms with Gasteiger partial charge in [-0.15, -0.1) is 0 Å². The van der Waals surface area contributed by atoms with Crippen LogP contribution in [0.1, 0.15) is 105 Å². The lowest BCUT2D eigenvalue weighted by Gasteiger charge is -2.61. The van der Waals surface area contributed by atoms with Crippen LogP contribution in [0.5, 0.6) is 0 Å². The summed E-state index contributed by atoms with van der Waals surface area (Å²) in [7, 11) is 6.37. The van der Waals surface area contributed by atoms with Crippen LogP contribution in [0.4, 0.5) is 0 Å². The van der Waals surface area contributed by atoms with Crippen molar-refractivity contribution in [2.24, 2.45) is 46.3 Å². The lowest BCUT2D eigenvalue weighted by Crippen LogP contribution is -2.53. The third kappa shape index (κ3) is 2.93. The van der Waals surface area contributed by atoms with E-state index in [1.807, 2.05) is 0 Å². The van der Waals surface area contributed by atoms with Crippen molar-refractivity contribution in [1.82, 2.24) is 0 Å². The fourth-order valence-electron chi connectivity index (χ4n) is 8.99. The molecule has 0 bridgehead atoms. The molecule has 0 spiro atoms. The molecule has 0 saturated heterocycles. The van der Waals surface area contributed by atoms with Crippen LogP contribution in [0.25, 0.3) is 0 Å². The maximum absolute atomic E-state index is 6.37. The molecule has 2 radical (unpaired) electrons. The first-order chi connectivity index (χ1) is 12.4. The number of hydrogen-bond acceptors (Lipinski definition) is 0. The van der Waals surface area contributed by atoms with E-state index in [0.717, 1.165) is 35.5 Å². The van der Waals surface area contributed by atoms with Crippen molar-refractivity contribution in [2.45, 2.75) is 111 Å². The fourth-order valence-corrected chi connectivity index (χ4v) is 8.99. The van der Waals surface area contributed by atoms with Gasteiger partial charge in [0, 0.05) is 0 Å². The Morgan fingerprint density at radius 2 is 1.65 bits per heavy atom. The highest BCUT2D eigenvalue weighted by atomic mass is 14.6. The molecule has 0 N–H and O–H groups in total. The molecule has 146 valence electrons. The minimum absolute atomic E-state index is 0.494. The van der Waals surface area contributed by atoms with E-state index in [1.165, 1.54) is 70.6 Å². The zero-order valence-corrected chi connectivity index (χ0v) is 18.1. The quantitative estimate of drug-likeness (QED) is 0.461. The molecule has 26 heavy (non-hydrogen) atoms. The van der Waals surface area contributed by atoms with Gasteiger partial charge in [0.1, 0.15) is 0 Å². The van der Waals surface area contributed by atoms with Crippen LogP contribution in [-0.4, -0.2) is 7.85 Å². The van der Waals surface area contributed by atoms with Gasteiger partial charge in [-0.1, -0.05) is 65.6 Å². The molecule has 9 atom stereocenters. The number of hydrogen-bond donors (Lipinski definition) is 0. The average Bonchev–Trinajstić information content (AvgIpc) is 2.97. The molecule has 4 saturated carbocycles. The van der Waals surface area contributed by atoms with Gasteiger partial charge in [-0.05, 0) is 91.3 Å². The molecule has 0 heterocycles. The lowest BCUT2D eigenvalue weighted by atomic mass is 9.43. The maximum atomic E-state index is 6.37. The van der Waals surface area contributed by atoms with Crippen molar-refractivity contribution < 1.29 is 0 Å². The van der Waals surface area contributed by atoms with Gasteiger partial charge in [0.2, 0.25) is 0 Å². The van der Waals surface area contributed by atoms with Crippen LogP contribution >= 0.6 is 0 Å². The Hall–Kier alpha value is 0.0649. The summed E-state index contributed by atoms with van der Waals surface area (Å²) < 4.78 is 0. The van der Waals surface area contributed by atoms with Crippen molar-refractivity contribution in [3.63, 3.8) is 0 Å². The predicted octanol–water partition coefficient (Wildman–Crippen LogP) is 7.43. The third-order valence-electron chi connectivity index (χ3n) is 10.5. The van der Waals surface area contributed by atoms with E-state index in [1.54, 1.807) is 6.42 Å². The van der Waals surface area contributed by atoms with E-state index in [2.05, 4.69) is 27.7 Å². The summed E-state index contributed by atoms with van der Waals surface area (Å²) in [6.45, 7) is 10.3. The van der Waals surface area contributed by atoms with Crippen LogP contribution in [0.15, 0.2) is 0 Å².